The number of nitrogens with zero attached hydrogens (tertiary/aromatic N) is 1. The molecule has 22 heavy (non-hydrogen) atoms. The predicted octanol–water partition coefficient (Wildman–Crippen LogP) is 1.53. The minimum atomic E-state index is -4.64. The second-order valence-corrected chi connectivity index (χ2v) is 5.95. The second kappa shape index (κ2) is 6.73. The molecule has 0 aliphatic carbocycles. The standard InChI is InChI=1S/C13H11ClN2O5S/c14-10-3-1-9(2-4-10)7-12(17)16-15-8-11-5-6-13(21-11)22(18,19)20/h1-6,8H,7H2,(H,16,17)(H,18,19,20)/p-1/b15-8+. The number of hydrogen-bond acceptors (Lipinski definition) is 6. The van der Waals surface area contributed by atoms with Crippen LogP contribution in [0.5, 0.6) is 0 Å². The lowest BCUT2D eigenvalue weighted by Crippen LogP contribution is -2.19. The molecule has 0 saturated heterocycles. The molecule has 0 radical (unpaired) electrons. The van der Waals surface area contributed by atoms with Crippen LogP contribution < -0.4 is 5.43 Å². The van der Waals surface area contributed by atoms with E-state index in [0.29, 0.717) is 5.02 Å². The molecule has 1 amide bonds. The highest BCUT2D eigenvalue weighted by molar-refractivity contribution is 7.85. The monoisotopic (exact) mass is 341 g/mol. The molecule has 0 unspecified atom stereocenters. The van der Waals surface area contributed by atoms with Gasteiger partial charge in [-0.15, -0.1) is 0 Å². The van der Waals surface area contributed by atoms with E-state index >= 15 is 0 Å². The smallest absolute Gasteiger partial charge is 0.244 e. The van der Waals surface area contributed by atoms with Crippen molar-refractivity contribution < 1.29 is 22.2 Å². The van der Waals surface area contributed by atoms with Crippen LogP contribution in [-0.2, 0) is 21.3 Å². The van der Waals surface area contributed by atoms with Gasteiger partial charge in [0, 0.05) is 5.02 Å². The van der Waals surface area contributed by atoms with Gasteiger partial charge >= 0.3 is 0 Å². The minimum Gasteiger partial charge on any atom is -0.742 e. The van der Waals surface area contributed by atoms with E-state index in [-0.39, 0.29) is 18.1 Å². The van der Waals surface area contributed by atoms with Gasteiger partial charge in [-0.05, 0) is 29.8 Å². The summed E-state index contributed by atoms with van der Waals surface area (Å²) in [6.07, 6.45) is 1.20. The molecular weight excluding hydrogens is 332 g/mol. The van der Waals surface area contributed by atoms with E-state index in [1.807, 2.05) is 0 Å². The topological polar surface area (TPSA) is 112 Å². The van der Waals surface area contributed by atoms with Crippen LogP contribution in [0.25, 0.3) is 0 Å². The Morgan fingerprint density at radius 1 is 1.27 bits per heavy atom. The van der Waals surface area contributed by atoms with Gasteiger partial charge < -0.3 is 8.97 Å². The summed E-state index contributed by atoms with van der Waals surface area (Å²) in [5.41, 5.74) is 3.01. The molecule has 1 aromatic carbocycles. The lowest BCUT2D eigenvalue weighted by atomic mass is 10.1. The molecule has 2 aromatic rings. The first-order chi connectivity index (χ1) is 10.3. The van der Waals surface area contributed by atoms with Gasteiger partial charge in [-0.25, -0.2) is 13.8 Å². The van der Waals surface area contributed by atoms with Gasteiger partial charge in [0.15, 0.2) is 10.1 Å². The Labute approximate surface area is 131 Å². The molecule has 0 aliphatic rings. The summed E-state index contributed by atoms with van der Waals surface area (Å²) < 4.78 is 36.8. The van der Waals surface area contributed by atoms with Crippen molar-refractivity contribution in [1.29, 1.82) is 0 Å². The van der Waals surface area contributed by atoms with Crippen LogP contribution in [0.4, 0.5) is 0 Å². The zero-order valence-corrected chi connectivity index (χ0v) is 12.6. The quantitative estimate of drug-likeness (QED) is 0.503. The van der Waals surface area contributed by atoms with Crippen LogP contribution >= 0.6 is 11.6 Å². The molecule has 0 fully saturated rings. The number of rotatable bonds is 5. The molecule has 116 valence electrons. The third kappa shape index (κ3) is 4.69. The van der Waals surface area contributed by atoms with Gasteiger partial charge in [-0.3, -0.25) is 4.79 Å². The largest absolute Gasteiger partial charge is 0.742 e. The van der Waals surface area contributed by atoms with E-state index in [1.165, 1.54) is 6.07 Å². The maximum absolute atomic E-state index is 11.6. The average molecular weight is 342 g/mol. The summed E-state index contributed by atoms with van der Waals surface area (Å²) in [6.45, 7) is 0. The SMILES string of the molecule is O=C(Cc1ccc(Cl)cc1)N/N=C/c1ccc(S(=O)(=O)[O-])o1. The Hall–Kier alpha value is -2.16. The molecule has 1 aromatic heterocycles. The zero-order chi connectivity index (χ0) is 16.2. The van der Waals surface area contributed by atoms with Gasteiger partial charge in [0.05, 0.1) is 12.6 Å². The number of halogens is 1. The molecule has 9 heteroatoms. The maximum atomic E-state index is 11.6. The molecule has 0 spiro atoms. The number of furan rings is 1. The molecule has 1 heterocycles. The number of hydrazone groups is 1. The van der Waals surface area contributed by atoms with Gasteiger partial charge in [0.1, 0.15) is 5.76 Å². The molecule has 2 rings (SSSR count). The number of nitrogens with one attached hydrogen (secondary N) is 1. The number of carbonyl (C=O) groups excluding carboxylic acids is 1. The Balaban J connectivity index is 1.90. The summed E-state index contributed by atoms with van der Waals surface area (Å²) >= 11 is 5.73. The highest BCUT2D eigenvalue weighted by Crippen LogP contribution is 2.11. The van der Waals surface area contributed by atoms with E-state index in [1.54, 1.807) is 24.3 Å². The van der Waals surface area contributed by atoms with Gasteiger partial charge in [-0.2, -0.15) is 5.10 Å². The Morgan fingerprint density at radius 2 is 1.95 bits per heavy atom. The molecule has 0 aliphatic heterocycles. The van der Waals surface area contributed by atoms with Crippen LogP contribution in [0.1, 0.15) is 11.3 Å². The highest BCUT2D eigenvalue weighted by atomic mass is 35.5. The summed E-state index contributed by atoms with van der Waals surface area (Å²) in [7, 11) is -4.64. The van der Waals surface area contributed by atoms with Crippen LogP contribution in [-0.4, -0.2) is 25.1 Å². The number of benzene rings is 1. The van der Waals surface area contributed by atoms with E-state index < -0.39 is 15.2 Å². The summed E-state index contributed by atoms with van der Waals surface area (Å²) in [5.74, 6) is -0.344. The minimum absolute atomic E-state index is 0.0289. The van der Waals surface area contributed by atoms with Crippen LogP contribution in [0.2, 0.25) is 5.02 Å². The molecule has 0 saturated carbocycles. The van der Waals surface area contributed by atoms with Crippen LogP contribution in [0.15, 0.2) is 51.0 Å². The molecule has 0 atom stereocenters. The van der Waals surface area contributed by atoms with Crippen molar-refractivity contribution >= 4 is 33.8 Å². The normalized spacial score (nSPS) is 11.7. The van der Waals surface area contributed by atoms with E-state index in [9.17, 15) is 17.8 Å². The number of hydrogen-bond donors (Lipinski definition) is 1. The predicted molar refractivity (Wildman–Crippen MR) is 77.6 cm³/mol. The van der Waals surface area contributed by atoms with Gasteiger partial charge in [0.2, 0.25) is 11.0 Å². The fraction of sp³-hybridized carbons (Fsp3) is 0.0769. The maximum Gasteiger partial charge on any atom is 0.244 e. The second-order valence-electron chi connectivity index (χ2n) is 4.21. The van der Waals surface area contributed by atoms with Crippen molar-refractivity contribution in [3.8, 4) is 0 Å². The molecule has 7 nitrogen and oxygen atoms in total. The first-order valence-corrected chi connectivity index (χ1v) is 7.75. The molecule has 0 bridgehead atoms. The van der Waals surface area contributed by atoms with Gasteiger partial charge in [-0.1, -0.05) is 23.7 Å². The van der Waals surface area contributed by atoms with Crippen LogP contribution in [0, 0.1) is 0 Å². The zero-order valence-electron chi connectivity index (χ0n) is 11.0. The first kappa shape index (κ1) is 16.2. The summed E-state index contributed by atoms with van der Waals surface area (Å²) in [6, 6.07) is 9.02. The lowest BCUT2D eigenvalue weighted by molar-refractivity contribution is -0.120. The number of amides is 1. The fourth-order valence-corrected chi connectivity index (χ4v) is 2.09. The van der Waals surface area contributed by atoms with Crippen molar-refractivity contribution in [2.24, 2.45) is 5.10 Å². The first-order valence-electron chi connectivity index (χ1n) is 5.97. The van der Waals surface area contributed by atoms with Crippen molar-refractivity contribution in [3.05, 3.63) is 52.7 Å². The average Bonchev–Trinajstić information content (AvgIpc) is 2.90. The van der Waals surface area contributed by atoms with E-state index in [0.717, 1.165) is 17.8 Å². The van der Waals surface area contributed by atoms with Crippen molar-refractivity contribution in [3.63, 3.8) is 0 Å². The Kier molecular flexibility index (Phi) is 4.96. The van der Waals surface area contributed by atoms with Crippen molar-refractivity contribution in [2.45, 2.75) is 11.5 Å². The van der Waals surface area contributed by atoms with Crippen LogP contribution in [0.3, 0.4) is 0 Å². The third-order valence-corrected chi connectivity index (χ3v) is 3.47. The van der Waals surface area contributed by atoms with E-state index in [4.69, 9.17) is 16.0 Å². The fourth-order valence-electron chi connectivity index (χ4n) is 1.53. The lowest BCUT2D eigenvalue weighted by Gasteiger charge is -2.01. The molecule has 1 N–H and O–H groups in total. The number of carbonyl (C=O) groups is 1. The molecular formula is C13H10ClN2O5S-. The third-order valence-electron chi connectivity index (χ3n) is 2.51. The van der Waals surface area contributed by atoms with Crippen molar-refractivity contribution in [2.75, 3.05) is 0 Å². The van der Waals surface area contributed by atoms with Gasteiger partial charge in [0.25, 0.3) is 0 Å². The Bertz CT molecular complexity index is 796. The van der Waals surface area contributed by atoms with Crippen molar-refractivity contribution in [1.82, 2.24) is 5.43 Å². The Morgan fingerprint density at radius 3 is 2.55 bits per heavy atom. The summed E-state index contributed by atoms with van der Waals surface area (Å²) in [5, 5.41) is 3.48. The summed E-state index contributed by atoms with van der Waals surface area (Å²) in [4.78, 5) is 11.6. The highest BCUT2D eigenvalue weighted by Gasteiger charge is 2.06. The van der Waals surface area contributed by atoms with E-state index in [2.05, 4.69) is 10.5 Å².